The molecule has 3 rings (SSSR count). The third-order valence-corrected chi connectivity index (χ3v) is 3.91. The summed E-state index contributed by atoms with van der Waals surface area (Å²) in [5.74, 6) is 0. The molecular formula is C12H20N4O2. The Labute approximate surface area is 107 Å². The number of aryl methyl sites for hydroxylation is 1. The first kappa shape index (κ1) is 12.1. The Morgan fingerprint density at radius 1 is 1.61 bits per heavy atom. The largest absolute Gasteiger partial charge is 0.390 e. The van der Waals surface area contributed by atoms with E-state index in [2.05, 4.69) is 15.2 Å². The predicted octanol–water partition coefficient (Wildman–Crippen LogP) is -0.418. The topological polar surface area (TPSA) is 63.4 Å². The molecule has 1 N–H and O–H groups in total. The first-order valence-electron chi connectivity index (χ1n) is 6.61. The summed E-state index contributed by atoms with van der Waals surface area (Å²) in [4.78, 5) is 2.44. The lowest BCUT2D eigenvalue weighted by Crippen LogP contribution is -2.50. The Bertz CT molecular complexity index is 409. The highest BCUT2D eigenvalue weighted by Gasteiger charge is 2.35. The predicted molar refractivity (Wildman–Crippen MR) is 65.0 cm³/mol. The quantitative estimate of drug-likeness (QED) is 0.792. The van der Waals surface area contributed by atoms with Gasteiger partial charge in [-0.05, 0) is 19.4 Å². The molecule has 6 nitrogen and oxygen atoms in total. The molecule has 2 aliphatic rings. The van der Waals surface area contributed by atoms with Gasteiger partial charge in [-0.25, -0.2) is 0 Å². The van der Waals surface area contributed by atoms with E-state index in [9.17, 15) is 5.11 Å². The Kier molecular flexibility index (Phi) is 3.32. The van der Waals surface area contributed by atoms with Crippen LogP contribution in [0.15, 0.2) is 6.20 Å². The molecule has 1 aromatic heterocycles. The fourth-order valence-electron chi connectivity index (χ4n) is 2.91. The molecule has 0 bridgehead atoms. The van der Waals surface area contributed by atoms with Crippen molar-refractivity contribution < 1.29 is 9.84 Å². The van der Waals surface area contributed by atoms with Crippen LogP contribution in [0.2, 0.25) is 0 Å². The molecular weight excluding hydrogens is 232 g/mol. The molecule has 3 heterocycles. The van der Waals surface area contributed by atoms with E-state index in [4.69, 9.17) is 4.74 Å². The second-order valence-corrected chi connectivity index (χ2v) is 5.32. The molecule has 2 aliphatic heterocycles. The molecule has 0 spiro atoms. The first-order chi connectivity index (χ1) is 8.72. The van der Waals surface area contributed by atoms with Gasteiger partial charge in [-0.3, -0.25) is 9.58 Å². The van der Waals surface area contributed by atoms with Gasteiger partial charge in [0.25, 0.3) is 0 Å². The number of ether oxygens (including phenoxy) is 1. The molecule has 1 aromatic rings. The zero-order valence-corrected chi connectivity index (χ0v) is 10.7. The van der Waals surface area contributed by atoms with Crippen LogP contribution in [0.1, 0.15) is 18.5 Å². The number of hydrogen-bond donors (Lipinski definition) is 1. The number of hydrogen-bond acceptors (Lipinski definition) is 5. The summed E-state index contributed by atoms with van der Waals surface area (Å²) in [7, 11) is 1.83. The van der Waals surface area contributed by atoms with Crippen LogP contribution in [-0.4, -0.2) is 62.9 Å². The summed E-state index contributed by atoms with van der Waals surface area (Å²) in [6, 6.07) is 0.574. The van der Waals surface area contributed by atoms with Crippen molar-refractivity contribution in [2.24, 2.45) is 7.05 Å². The van der Waals surface area contributed by atoms with Gasteiger partial charge >= 0.3 is 0 Å². The smallest absolute Gasteiger partial charge is 0.0965 e. The Balaban J connectivity index is 1.57. The zero-order chi connectivity index (χ0) is 12.5. The van der Waals surface area contributed by atoms with E-state index in [0.29, 0.717) is 12.5 Å². The Morgan fingerprint density at radius 2 is 2.50 bits per heavy atom. The minimum Gasteiger partial charge on any atom is -0.390 e. The van der Waals surface area contributed by atoms with Crippen molar-refractivity contribution >= 4 is 0 Å². The number of aliphatic hydroxyl groups excluding tert-OH is 1. The van der Waals surface area contributed by atoms with E-state index in [1.54, 1.807) is 4.68 Å². The molecule has 0 radical (unpaired) electrons. The molecule has 0 aliphatic carbocycles. The van der Waals surface area contributed by atoms with Gasteiger partial charge in [0.05, 0.1) is 24.5 Å². The summed E-state index contributed by atoms with van der Waals surface area (Å²) < 4.78 is 7.44. The van der Waals surface area contributed by atoms with E-state index in [-0.39, 0.29) is 6.10 Å². The average Bonchev–Trinajstić information content (AvgIpc) is 2.96. The van der Waals surface area contributed by atoms with Gasteiger partial charge in [-0.1, -0.05) is 5.21 Å². The van der Waals surface area contributed by atoms with Crippen LogP contribution in [0, 0.1) is 0 Å². The molecule has 18 heavy (non-hydrogen) atoms. The minimum atomic E-state index is -0.497. The van der Waals surface area contributed by atoms with Crippen LogP contribution in [0.25, 0.3) is 0 Å². The van der Waals surface area contributed by atoms with Crippen LogP contribution in [0.3, 0.4) is 0 Å². The van der Waals surface area contributed by atoms with Crippen LogP contribution in [0.4, 0.5) is 0 Å². The van der Waals surface area contributed by atoms with Crippen LogP contribution in [0.5, 0.6) is 0 Å². The van der Waals surface area contributed by atoms with Crippen molar-refractivity contribution in [1.82, 2.24) is 19.9 Å². The van der Waals surface area contributed by atoms with E-state index in [0.717, 1.165) is 25.4 Å². The lowest BCUT2D eigenvalue weighted by molar-refractivity contribution is -0.101. The molecule has 2 fully saturated rings. The second-order valence-electron chi connectivity index (χ2n) is 5.32. The van der Waals surface area contributed by atoms with Crippen molar-refractivity contribution in [3.05, 3.63) is 11.9 Å². The Morgan fingerprint density at radius 3 is 3.28 bits per heavy atom. The monoisotopic (exact) mass is 252 g/mol. The van der Waals surface area contributed by atoms with Crippen molar-refractivity contribution in [2.45, 2.75) is 37.5 Å². The highest BCUT2D eigenvalue weighted by Crippen LogP contribution is 2.24. The standard InChI is InChI=1S/C12H20N4O2/c1-15-6-9(13-14-15)5-11(17)12-7-16-4-2-3-10(16)8-18-12/h6,10-12,17H,2-5,7-8H2,1H3. The lowest BCUT2D eigenvalue weighted by Gasteiger charge is -2.37. The fourth-order valence-corrected chi connectivity index (χ4v) is 2.91. The van der Waals surface area contributed by atoms with Gasteiger partial charge in [0, 0.05) is 32.3 Å². The van der Waals surface area contributed by atoms with Gasteiger partial charge in [0.1, 0.15) is 0 Å². The van der Waals surface area contributed by atoms with Crippen molar-refractivity contribution in [3.8, 4) is 0 Å². The van der Waals surface area contributed by atoms with Crippen molar-refractivity contribution in [3.63, 3.8) is 0 Å². The molecule has 2 saturated heterocycles. The van der Waals surface area contributed by atoms with E-state index >= 15 is 0 Å². The number of nitrogens with zero attached hydrogens (tertiary/aromatic N) is 4. The second kappa shape index (κ2) is 4.95. The van der Waals surface area contributed by atoms with Gasteiger partial charge in [-0.15, -0.1) is 5.10 Å². The normalized spacial score (nSPS) is 30.3. The van der Waals surface area contributed by atoms with E-state index in [1.165, 1.54) is 12.8 Å². The number of aromatic nitrogens is 3. The van der Waals surface area contributed by atoms with Crippen LogP contribution < -0.4 is 0 Å². The highest BCUT2D eigenvalue weighted by atomic mass is 16.5. The van der Waals surface area contributed by atoms with Crippen molar-refractivity contribution in [1.29, 1.82) is 0 Å². The summed E-state index contributed by atoms with van der Waals surface area (Å²) in [6.07, 6.45) is 4.24. The maximum atomic E-state index is 10.2. The number of rotatable bonds is 3. The Hall–Kier alpha value is -0.980. The molecule has 3 unspecified atom stereocenters. The van der Waals surface area contributed by atoms with Gasteiger partial charge in [-0.2, -0.15) is 0 Å². The fraction of sp³-hybridized carbons (Fsp3) is 0.833. The highest BCUT2D eigenvalue weighted by molar-refractivity contribution is 4.97. The summed E-state index contributed by atoms with van der Waals surface area (Å²) in [6.45, 7) is 2.73. The number of fused-ring (bicyclic) bond motifs is 1. The summed E-state index contributed by atoms with van der Waals surface area (Å²) in [5, 5.41) is 18.1. The summed E-state index contributed by atoms with van der Waals surface area (Å²) in [5.41, 5.74) is 0.817. The van der Waals surface area contributed by atoms with Gasteiger partial charge in [0.15, 0.2) is 0 Å². The third kappa shape index (κ3) is 2.41. The molecule has 100 valence electrons. The van der Waals surface area contributed by atoms with Crippen molar-refractivity contribution in [2.75, 3.05) is 19.7 Å². The molecule has 0 saturated carbocycles. The first-order valence-corrected chi connectivity index (χ1v) is 6.61. The molecule has 3 atom stereocenters. The minimum absolute atomic E-state index is 0.0960. The third-order valence-electron chi connectivity index (χ3n) is 3.91. The zero-order valence-electron chi connectivity index (χ0n) is 10.7. The summed E-state index contributed by atoms with van der Waals surface area (Å²) >= 11 is 0. The maximum Gasteiger partial charge on any atom is 0.0965 e. The molecule has 0 amide bonds. The SMILES string of the molecule is Cn1cc(CC(O)C2CN3CCCC3CO2)nn1. The van der Waals surface area contributed by atoms with Gasteiger partial charge in [0.2, 0.25) is 0 Å². The maximum absolute atomic E-state index is 10.2. The number of morpholine rings is 1. The van der Waals surface area contributed by atoms with E-state index in [1.807, 2.05) is 13.2 Å². The van der Waals surface area contributed by atoms with E-state index < -0.39 is 6.10 Å². The van der Waals surface area contributed by atoms with Crippen LogP contribution >= 0.6 is 0 Å². The number of aliphatic hydroxyl groups is 1. The van der Waals surface area contributed by atoms with Crippen LogP contribution in [-0.2, 0) is 18.2 Å². The average molecular weight is 252 g/mol. The molecule has 0 aromatic carbocycles. The molecule has 6 heteroatoms. The van der Waals surface area contributed by atoms with Gasteiger partial charge < -0.3 is 9.84 Å². The lowest BCUT2D eigenvalue weighted by atomic mass is 10.1.